The van der Waals surface area contributed by atoms with Crippen molar-refractivity contribution in [3.05, 3.63) is 11.4 Å². The van der Waals surface area contributed by atoms with Crippen molar-refractivity contribution in [2.75, 3.05) is 25.5 Å². The van der Waals surface area contributed by atoms with E-state index in [1.807, 2.05) is 39.8 Å². The molecule has 0 aliphatic heterocycles. The number of amides is 1. The van der Waals surface area contributed by atoms with Crippen LogP contribution in [0.1, 0.15) is 18.3 Å². The third-order valence-electron chi connectivity index (χ3n) is 2.73. The zero-order chi connectivity index (χ0) is 12.3. The minimum absolute atomic E-state index is 0.00329. The van der Waals surface area contributed by atoms with Gasteiger partial charge in [-0.05, 0) is 27.4 Å². The standard InChI is InChI=1S/C11H20N4O/c1-6-14(4)7-10(16)12-11-8(2)13-15(5)9(11)3/h6-7H2,1-5H3,(H,12,16). The van der Waals surface area contributed by atoms with Crippen LogP contribution in [0.15, 0.2) is 0 Å². The van der Waals surface area contributed by atoms with Crippen LogP contribution in [0.3, 0.4) is 0 Å². The van der Waals surface area contributed by atoms with Gasteiger partial charge >= 0.3 is 0 Å². The van der Waals surface area contributed by atoms with Gasteiger partial charge in [0, 0.05) is 7.05 Å². The second-order valence-corrected chi connectivity index (χ2v) is 4.05. The third kappa shape index (κ3) is 2.82. The average molecular weight is 224 g/mol. The van der Waals surface area contributed by atoms with Gasteiger partial charge in [0.1, 0.15) is 0 Å². The summed E-state index contributed by atoms with van der Waals surface area (Å²) >= 11 is 0. The topological polar surface area (TPSA) is 50.2 Å². The highest BCUT2D eigenvalue weighted by Crippen LogP contribution is 2.17. The van der Waals surface area contributed by atoms with E-state index < -0.39 is 0 Å². The van der Waals surface area contributed by atoms with Gasteiger partial charge in [-0.15, -0.1) is 0 Å². The summed E-state index contributed by atoms with van der Waals surface area (Å²) in [4.78, 5) is 13.7. The smallest absolute Gasteiger partial charge is 0.238 e. The summed E-state index contributed by atoms with van der Waals surface area (Å²) in [6.07, 6.45) is 0. The van der Waals surface area contributed by atoms with E-state index in [1.54, 1.807) is 4.68 Å². The molecule has 16 heavy (non-hydrogen) atoms. The van der Waals surface area contributed by atoms with Crippen molar-refractivity contribution < 1.29 is 4.79 Å². The van der Waals surface area contributed by atoms with Crippen molar-refractivity contribution in [2.45, 2.75) is 20.8 Å². The molecule has 0 unspecified atom stereocenters. The number of rotatable bonds is 4. The van der Waals surface area contributed by atoms with Crippen molar-refractivity contribution in [1.82, 2.24) is 14.7 Å². The van der Waals surface area contributed by atoms with E-state index in [2.05, 4.69) is 10.4 Å². The maximum absolute atomic E-state index is 11.7. The summed E-state index contributed by atoms with van der Waals surface area (Å²) in [7, 11) is 3.79. The Balaban J connectivity index is 2.70. The molecule has 0 saturated heterocycles. The van der Waals surface area contributed by atoms with Gasteiger partial charge in [-0.2, -0.15) is 5.10 Å². The highest BCUT2D eigenvalue weighted by molar-refractivity contribution is 5.93. The number of aryl methyl sites for hydroxylation is 2. The van der Waals surface area contributed by atoms with Crippen LogP contribution in [0, 0.1) is 13.8 Å². The number of hydrogen-bond donors (Lipinski definition) is 1. The molecule has 0 atom stereocenters. The first-order valence-corrected chi connectivity index (χ1v) is 5.44. The van der Waals surface area contributed by atoms with E-state index in [4.69, 9.17) is 0 Å². The van der Waals surface area contributed by atoms with E-state index in [1.165, 1.54) is 0 Å². The van der Waals surface area contributed by atoms with E-state index in [-0.39, 0.29) is 5.91 Å². The lowest BCUT2D eigenvalue weighted by molar-refractivity contribution is -0.117. The van der Waals surface area contributed by atoms with Crippen LogP contribution in [0.2, 0.25) is 0 Å². The number of hydrogen-bond acceptors (Lipinski definition) is 3. The molecule has 0 saturated carbocycles. The normalized spacial score (nSPS) is 10.9. The lowest BCUT2D eigenvalue weighted by Gasteiger charge is -2.13. The minimum atomic E-state index is 0.00329. The molecule has 0 aromatic carbocycles. The Morgan fingerprint density at radius 3 is 2.56 bits per heavy atom. The van der Waals surface area contributed by atoms with E-state index in [0.717, 1.165) is 23.6 Å². The summed E-state index contributed by atoms with van der Waals surface area (Å²) < 4.78 is 1.77. The minimum Gasteiger partial charge on any atom is -0.322 e. The molecule has 0 fully saturated rings. The van der Waals surface area contributed by atoms with Crippen LogP contribution in [0.25, 0.3) is 0 Å². The molecule has 0 bridgehead atoms. The van der Waals surface area contributed by atoms with Crippen LogP contribution in [0.5, 0.6) is 0 Å². The number of aromatic nitrogens is 2. The molecule has 5 heteroatoms. The van der Waals surface area contributed by atoms with Gasteiger partial charge in [0.15, 0.2) is 0 Å². The summed E-state index contributed by atoms with van der Waals surface area (Å²) in [5.41, 5.74) is 2.66. The molecular formula is C11H20N4O. The van der Waals surface area contributed by atoms with Crippen molar-refractivity contribution >= 4 is 11.6 Å². The molecule has 1 amide bonds. The quantitative estimate of drug-likeness (QED) is 0.827. The number of carbonyl (C=O) groups is 1. The summed E-state index contributed by atoms with van der Waals surface area (Å²) in [6.45, 7) is 7.13. The number of nitrogens with one attached hydrogen (secondary N) is 1. The molecule has 90 valence electrons. The molecule has 0 aliphatic carbocycles. The van der Waals surface area contributed by atoms with E-state index >= 15 is 0 Å². The van der Waals surface area contributed by atoms with Gasteiger partial charge in [-0.1, -0.05) is 6.92 Å². The highest BCUT2D eigenvalue weighted by Gasteiger charge is 2.12. The second-order valence-electron chi connectivity index (χ2n) is 4.05. The van der Waals surface area contributed by atoms with Crippen molar-refractivity contribution in [1.29, 1.82) is 0 Å². The molecule has 0 aliphatic rings. The molecule has 1 aromatic heterocycles. The van der Waals surface area contributed by atoms with Crippen molar-refractivity contribution in [3.8, 4) is 0 Å². The van der Waals surface area contributed by atoms with Gasteiger partial charge in [0.2, 0.25) is 5.91 Å². The predicted molar refractivity (Wildman–Crippen MR) is 64.5 cm³/mol. The summed E-state index contributed by atoms with van der Waals surface area (Å²) in [6, 6.07) is 0. The first kappa shape index (κ1) is 12.7. The lowest BCUT2D eigenvalue weighted by Crippen LogP contribution is -2.30. The van der Waals surface area contributed by atoms with Gasteiger partial charge < -0.3 is 5.32 Å². The van der Waals surface area contributed by atoms with Gasteiger partial charge in [-0.3, -0.25) is 14.4 Å². The van der Waals surface area contributed by atoms with E-state index in [0.29, 0.717) is 6.54 Å². The Morgan fingerprint density at radius 2 is 2.12 bits per heavy atom. The molecular weight excluding hydrogens is 204 g/mol. The SMILES string of the molecule is CCN(C)CC(=O)Nc1c(C)nn(C)c1C. The van der Waals surface area contributed by atoms with Crippen LogP contribution < -0.4 is 5.32 Å². The first-order valence-electron chi connectivity index (χ1n) is 5.44. The first-order chi connectivity index (χ1) is 7.45. The highest BCUT2D eigenvalue weighted by atomic mass is 16.2. The Labute approximate surface area is 96.4 Å². The number of likely N-dealkylation sites (N-methyl/N-ethyl adjacent to an activating group) is 1. The zero-order valence-corrected chi connectivity index (χ0v) is 10.7. The summed E-state index contributed by atoms with van der Waals surface area (Å²) in [5.74, 6) is 0.00329. The second kappa shape index (κ2) is 5.12. The molecule has 0 radical (unpaired) electrons. The fraction of sp³-hybridized carbons (Fsp3) is 0.636. The van der Waals surface area contributed by atoms with Crippen molar-refractivity contribution in [3.63, 3.8) is 0 Å². The maximum atomic E-state index is 11.7. The average Bonchev–Trinajstić information content (AvgIpc) is 2.45. The number of anilines is 1. The van der Waals surface area contributed by atoms with Crippen molar-refractivity contribution in [2.24, 2.45) is 7.05 Å². The van der Waals surface area contributed by atoms with Crippen LogP contribution in [0.4, 0.5) is 5.69 Å². The van der Waals surface area contributed by atoms with Gasteiger partial charge in [0.25, 0.3) is 0 Å². The Morgan fingerprint density at radius 1 is 1.50 bits per heavy atom. The van der Waals surface area contributed by atoms with Crippen LogP contribution >= 0.6 is 0 Å². The third-order valence-corrected chi connectivity index (χ3v) is 2.73. The zero-order valence-electron chi connectivity index (χ0n) is 10.7. The Bertz CT molecular complexity index is 384. The monoisotopic (exact) mass is 224 g/mol. The molecule has 1 N–H and O–H groups in total. The predicted octanol–water partition coefficient (Wildman–Crippen LogP) is 0.927. The van der Waals surface area contributed by atoms with Crippen LogP contribution in [-0.2, 0) is 11.8 Å². The summed E-state index contributed by atoms with van der Waals surface area (Å²) in [5, 5.41) is 7.15. The maximum Gasteiger partial charge on any atom is 0.238 e. The molecule has 0 spiro atoms. The number of carbonyl (C=O) groups excluding carboxylic acids is 1. The molecule has 1 rings (SSSR count). The van der Waals surface area contributed by atoms with E-state index in [9.17, 15) is 4.79 Å². The lowest BCUT2D eigenvalue weighted by atomic mass is 10.3. The number of nitrogens with zero attached hydrogens (tertiary/aromatic N) is 3. The fourth-order valence-corrected chi connectivity index (χ4v) is 1.49. The van der Waals surface area contributed by atoms with Crippen LogP contribution in [-0.4, -0.2) is 40.7 Å². The van der Waals surface area contributed by atoms with Gasteiger partial charge in [0.05, 0.1) is 23.6 Å². The Kier molecular flexibility index (Phi) is 4.06. The molecule has 5 nitrogen and oxygen atoms in total. The van der Waals surface area contributed by atoms with Gasteiger partial charge in [-0.25, -0.2) is 0 Å². The largest absolute Gasteiger partial charge is 0.322 e. The molecule has 1 heterocycles. The molecule has 1 aromatic rings. The fourth-order valence-electron chi connectivity index (χ4n) is 1.49. The Hall–Kier alpha value is -1.36.